The molecule has 4 heteroatoms. The van der Waals surface area contributed by atoms with Crippen molar-refractivity contribution >= 4 is 17.4 Å². The number of nitrogens with zero attached hydrogens (tertiary/aromatic N) is 2. The van der Waals surface area contributed by atoms with E-state index < -0.39 is 0 Å². The highest BCUT2D eigenvalue weighted by Crippen LogP contribution is 2.08. The fourth-order valence-corrected chi connectivity index (χ4v) is 1.57. The molecule has 0 bridgehead atoms. The summed E-state index contributed by atoms with van der Waals surface area (Å²) in [7, 11) is 0. The van der Waals surface area contributed by atoms with Crippen LogP contribution in [0.15, 0.2) is 6.20 Å². The van der Waals surface area contributed by atoms with Crippen molar-refractivity contribution in [1.82, 2.24) is 9.97 Å². The number of hydrogen-bond donors (Lipinski definition) is 1. The molecule has 1 unspecified atom stereocenters. The highest BCUT2D eigenvalue weighted by Gasteiger charge is 2.03. The molecule has 0 aliphatic carbocycles. The van der Waals surface area contributed by atoms with Crippen molar-refractivity contribution in [3.8, 4) is 0 Å². The van der Waals surface area contributed by atoms with Gasteiger partial charge in [-0.25, -0.2) is 4.98 Å². The molecule has 15 heavy (non-hydrogen) atoms. The monoisotopic (exact) mass is 227 g/mol. The van der Waals surface area contributed by atoms with E-state index in [0.717, 1.165) is 30.2 Å². The van der Waals surface area contributed by atoms with Crippen molar-refractivity contribution in [3.05, 3.63) is 17.6 Å². The first kappa shape index (κ1) is 12.2. The number of alkyl halides is 1. The van der Waals surface area contributed by atoms with Crippen molar-refractivity contribution in [2.45, 2.75) is 27.2 Å². The van der Waals surface area contributed by atoms with E-state index in [4.69, 9.17) is 11.6 Å². The highest BCUT2D eigenvalue weighted by atomic mass is 35.5. The molecule has 0 saturated heterocycles. The predicted octanol–water partition coefficient (Wildman–Crippen LogP) is 2.77. The molecule has 3 nitrogen and oxygen atoms in total. The van der Waals surface area contributed by atoms with Crippen LogP contribution in [0.4, 0.5) is 5.82 Å². The number of aromatic nitrogens is 2. The van der Waals surface area contributed by atoms with Crippen LogP contribution < -0.4 is 5.32 Å². The minimum atomic E-state index is 0.561. The summed E-state index contributed by atoms with van der Waals surface area (Å²) >= 11 is 5.67. The zero-order chi connectivity index (χ0) is 11.3. The van der Waals surface area contributed by atoms with Gasteiger partial charge in [-0.15, -0.1) is 11.6 Å². The Morgan fingerprint density at radius 3 is 2.73 bits per heavy atom. The molecule has 84 valence electrons. The zero-order valence-corrected chi connectivity index (χ0v) is 10.3. The van der Waals surface area contributed by atoms with Gasteiger partial charge in [0.15, 0.2) is 0 Å². The Morgan fingerprint density at radius 1 is 1.40 bits per heavy atom. The van der Waals surface area contributed by atoms with Gasteiger partial charge in [0.25, 0.3) is 0 Å². The lowest BCUT2D eigenvalue weighted by Crippen LogP contribution is -2.13. The maximum atomic E-state index is 5.67. The van der Waals surface area contributed by atoms with Gasteiger partial charge in [-0.05, 0) is 26.2 Å². The van der Waals surface area contributed by atoms with Gasteiger partial charge in [0.2, 0.25) is 0 Å². The van der Waals surface area contributed by atoms with Gasteiger partial charge >= 0.3 is 0 Å². The number of anilines is 1. The van der Waals surface area contributed by atoms with Crippen LogP contribution in [-0.2, 0) is 0 Å². The smallest absolute Gasteiger partial charge is 0.144 e. The topological polar surface area (TPSA) is 37.8 Å². The Balaban J connectivity index is 2.47. The summed E-state index contributed by atoms with van der Waals surface area (Å²) in [6.45, 7) is 6.99. The van der Waals surface area contributed by atoms with Crippen molar-refractivity contribution in [1.29, 1.82) is 0 Å². The molecular weight excluding hydrogens is 210 g/mol. The molecule has 0 aliphatic heterocycles. The Labute approximate surface area is 96.3 Å². The highest BCUT2D eigenvalue weighted by molar-refractivity contribution is 6.17. The third kappa shape index (κ3) is 4.04. The van der Waals surface area contributed by atoms with E-state index in [0.29, 0.717) is 11.8 Å². The summed E-state index contributed by atoms with van der Waals surface area (Å²) in [4.78, 5) is 8.65. The van der Waals surface area contributed by atoms with Crippen LogP contribution in [0.5, 0.6) is 0 Å². The Kier molecular flexibility index (Phi) is 4.82. The van der Waals surface area contributed by atoms with Crippen LogP contribution in [-0.4, -0.2) is 22.4 Å². The summed E-state index contributed by atoms with van der Waals surface area (Å²) in [6, 6.07) is 0. The van der Waals surface area contributed by atoms with Crippen molar-refractivity contribution in [3.63, 3.8) is 0 Å². The Hall–Kier alpha value is -0.830. The minimum absolute atomic E-state index is 0.561. The number of hydrogen-bond acceptors (Lipinski definition) is 3. The minimum Gasteiger partial charge on any atom is -0.369 e. The third-order valence-electron chi connectivity index (χ3n) is 2.43. The summed E-state index contributed by atoms with van der Waals surface area (Å²) in [5, 5.41) is 3.27. The summed E-state index contributed by atoms with van der Waals surface area (Å²) < 4.78 is 0. The molecule has 0 aromatic carbocycles. The number of rotatable bonds is 5. The molecule has 1 N–H and O–H groups in total. The summed E-state index contributed by atoms with van der Waals surface area (Å²) in [5.41, 5.74) is 1.96. The molecule has 0 fully saturated rings. The maximum Gasteiger partial charge on any atom is 0.144 e. The molecule has 0 saturated carbocycles. The first-order valence-corrected chi connectivity index (χ1v) is 5.77. The van der Waals surface area contributed by atoms with Crippen LogP contribution >= 0.6 is 11.6 Å². The molecule has 1 rings (SSSR count). The van der Waals surface area contributed by atoms with E-state index >= 15 is 0 Å². The van der Waals surface area contributed by atoms with E-state index in [1.807, 2.05) is 13.8 Å². The van der Waals surface area contributed by atoms with Crippen LogP contribution in [0.25, 0.3) is 0 Å². The third-order valence-corrected chi connectivity index (χ3v) is 2.64. The second-order valence-electron chi connectivity index (χ2n) is 3.89. The van der Waals surface area contributed by atoms with Gasteiger partial charge in [-0.3, -0.25) is 4.98 Å². The molecule has 0 amide bonds. The van der Waals surface area contributed by atoms with Crippen molar-refractivity contribution in [2.75, 3.05) is 17.7 Å². The Bertz CT molecular complexity index is 315. The lowest BCUT2D eigenvalue weighted by molar-refractivity contribution is 0.595. The second kappa shape index (κ2) is 5.91. The second-order valence-corrected chi connectivity index (χ2v) is 4.27. The van der Waals surface area contributed by atoms with E-state index in [1.165, 1.54) is 0 Å². The van der Waals surface area contributed by atoms with Crippen LogP contribution in [0.1, 0.15) is 24.7 Å². The van der Waals surface area contributed by atoms with Crippen LogP contribution in [0.3, 0.4) is 0 Å². The fourth-order valence-electron chi connectivity index (χ4n) is 1.19. The molecule has 1 atom stereocenters. The quantitative estimate of drug-likeness (QED) is 0.787. The summed E-state index contributed by atoms with van der Waals surface area (Å²) in [6.07, 6.45) is 2.79. The van der Waals surface area contributed by atoms with Gasteiger partial charge in [-0.2, -0.15) is 0 Å². The first-order valence-electron chi connectivity index (χ1n) is 5.23. The van der Waals surface area contributed by atoms with Crippen molar-refractivity contribution < 1.29 is 0 Å². The van der Waals surface area contributed by atoms with Crippen LogP contribution in [0, 0.1) is 19.8 Å². The van der Waals surface area contributed by atoms with E-state index in [2.05, 4.69) is 22.2 Å². The van der Waals surface area contributed by atoms with Gasteiger partial charge in [0.1, 0.15) is 5.82 Å². The van der Waals surface area contributed by atoms with Gasteiger partial charge < -0.3 is 5.32 Å². The van der Waals surface area contributed by atoms with Crippen molar-refractivity contribution in [2.24, 2.45) is 5.92 Å². The Morgan fingerprint density at radius 2 is 2.13 bits per heavy atom. The molecular formula is C11H18ClN3. The number of halogens is 1. The normalized spacial score (nSPS) is 12.5. The van der Waals surface area contributed by atoms with Gasteiger partial charge in [0, 0.05) is 12.4 Å². The zero-order valence-electron chi connectivity index (χ0n) is 9.55. The largest absolute Gasteiger partial charge is 0.369 e. The SMILES string of the molecule is Cc1ncc(NCC(C)CCCl)nc1C. The lowest BCUT2D eigenvalue weighted by Gasteiger charge is -2.11. The molecule has 1 heterocycles. The molecule has 1 aromatic rings. The molecule has 1 aromatic heterocycles. The average molecular weight is 228 g/mol. The molecule has 0 spiro atoms. The summed E-state index contributed by atoms with van der Waals surface area (Å²) in [5.74, 6) is 2.12. The predicted molar refractivity (Wildman–Crippen MR) is 64.5 cm³/mol. The van der Waals surface area contributed by atoms with E-state index in [1.54, 1.807) is 6.20 Å². The molecule has 0 radical (unpaired) electrons. The first-order chi connectivity index (χ1) is 7.13. The van der Waals surface area contributed by atoms with Gasteiger partial charge in [0.05, 0.1) is 17.6 Å². The molecule has 0 aliphatic rings. The maximum absolute atomic E-state index is 5.67. The average Bonchev–Trinajstić information content (AvgIpc) is 2.20. The number of aryl methyl sites for hydroxylation is 2. The van der Waals surface area contributed by atoms with E-state index in [-0.39, 0.29) is 0 Å². The van der Waals surface area contributed by atoms with E-state index in [9.17, 15) is 0 Å². The van der Waals surface area contributed by atoms with Gasteiger partial charge in [-0.1, -0.05) is 6.92 Å². The lowest BCUT2D eigenvalue weighted by atomic mass is 10.1. The standard InChI is InChI=1S/C11H18ClN3/c1-8(4-5-12)6-14-11-7-13-9(2)10(3)15-11/h7-8H,4-6H2,1-3H3,(H,14,15). The number of nitrogens with one attached hydrogen (secondary N) is 1. The fraction of sp³-hybridized carbons (Fsp3) is 0.636. The van der Waals surface area contributed by atoms with Crippen LogP contribution in [0.2, 0.25) is 0 Å².